The quantitative estimate of drug-likeness (QED) is 0.479. The zero-order valence-electron chi connectivity index (χ0n) is 11.0. The molecule has 17 heavy (non-hydrogen) atoms. The van der Waals surface area contributed by atoms with Gasteiger partial charge in [0.05, 0.1) is 6.61 Å². The highest BCUT2D eigenvalue weighted by atomic mass is 16.7. The molecule has 0 spiro atoms. The van der Waals surface area contributed by atoms with E-state index in [1.165, 1.54) is 12.0 Å². The fourth-order valence-corrected chi connectivity index (χ4v) is 1.61. The zero-order chi connectivity index (χ0) is 12.3. The van der Waals surface area contributed by atoms with E-state index in [9.17, 15) is 0 Å². The van der Waals surface area contributed by atoms with Gasteiger partial charge in [0.2, 0.25) is 0 Å². The molecule has 0 N–H and O–H groups in total. The van der Waals surface area contributed by atoms with Gasteiger partial charge in [-0.2, -0.15) is 0 Å². The second-order valence-corrected chi connectivity index (χ2v) is 4.25. The van der Waals surface area contributed by atoms with Gasteiger partial charge in [0, 0.05) is 6.61 Å². The molecule has 0 radical (unpaired) electrons. The summed E-state index contributed by atoms with van der Waals surface area (Å²) >= 11 is 0. The number of hydrogen-bond donors (Lipinski definition) is 0. The number of rotatable bonds is 9. The average Bonchev–Trinajstić information content (AvgIpc) is 2.36. The number of benzene rings is 1. The summed E-state index contributed by atoms with van der Waals surface area (Å²) in [6.07, 6.45) is 4.32. The smallest absolute Gasteiger partial charge is 0.154 e. The van der Waals surface area contributed by atoms with Gasteiger partial charge in [-0.1, -0.05) is 43.7 Å². The molecule has 2 nitrogen and oxygen atoms in total. The van der Waals surface area contributed by atoms with Crippen LogP contribution >= 0.6 is 0 Å². The Morgan fingerprint density at radius 2 is 1.65 bits per heavy atom. The third-order valence-electron chi connectivity index (χ3n) is 2.66. The van der Waals surface area contributed by atoms with Crippen molar-refractivity contribution in [2.45, 2.75) is 45.8 Å². The van der Waals surface area contributed by atoms with E-state index in [4.69, 9.17) is 9.47 Å². The van der Waals surface area contributed by atoms with Gasteiger partial charge in [-0.25, -0.2) is 0 Å². The molecule has 0 aliphatic carbocycles. The molecule has 1 aromatic rings. The van der Waals surface area contributed by atoms with Gasteiger partial charge < -0.3 is 9.47 Å². The van der Waals surface area contributed by atoms with Gasteiger partial charge in [0.25, 0.3) is 0 Å². The summed E-state index contributed by atoms with van der Waals surface area (Å²) in [5, 5.41) is 0. The van der Waals surface area contributed by atoms with Gasteiger partial charge in [-0.05, 0) is 31.7 Å². The van der Waals surface area contributed by atoms with Crippen LogP contribution in [0.2, 0.25) is 0 Å². The molecule has 1 aromatic carbocycles. The summed E-state index contributed by atoms with van der Waals surface area (Å²) in [5.74, 6) is 0. The third-order valence-corrected chi connectivity index (χ3v) is 2.66. The minimum Gasteiger partial charge on any atom is -0.353 e. The van der Waals surface area contributed by atoms with Crippen molar-refractivity contribution in [1.29, 1.82) is 0 Å². The summed E-state index contributed by atoms with van der Waals surface area (Å²) in [6, 6.07) is 10.5. The van der Waals surface area contributed by atoms with Crippen LogP contribution in [0.1, 0.15) is 38.7 Å². The van der Waals surface area contributed by atoms with Crippen molar-refractivity contribution in [3.8, 4) is 0 Å². The third kappa shape index (κ3) is 7.14. The molecule has 0 fully saturated rings. The predicted molar refractivity (Wildman–Crippen MR) is 71.0 cm³/mol. The van der Waals surface area contributed by atoms with Crippen LogP contribution in [0.25, 0.3) is 0 Å². The van der Waals surface area contributed by atoms with Crippen molar-refractivity contribution in [1.82, 2.24) is 0 Å². The molecular weight excluding hydrogens is 212 g/mol. The van der Waals surface area contributed by atoms with Crippen LogP contribution in [0, 0.1) is 0 Å². The minimum atomic E-state index is -0.0719. The van der Waals surface area contributed by atoms with Crippen molar-refractivity contribution < 1.29 is 9.47 Å². The van der Waals surface area contributed by atoms with Crippen molar-refractivity contribution in [3.05, 3.63) is 35.9 Å². The van der Waals surface area contributed by atoms with E-state index in [1.54, 1.807) is 0 Å². The van der Waals surface area contributed by atoms with E-state index in [0.29, 0.717) is 0 Å². The second-order valence-electron chi connectivity index (χ2n) is 4.25. The number of ether oxygens (including phenoxy) is 2. The Hall–Kier alpha value is -0.860. The Labute approximate surface area is 105 Å². The first-order valence-electron chi connectivity index (χ1n) is 6.60. The molecule has 0 heterocycles. The van der Waals surface area contributed by atoms with Crippen LogP contribution in [0.15, 0.2) is 30.3 Å². The lowest BCUT2D eigenvalue weighted by molar-refractivity contribution is -0.131. The Bertz CT molecular complexity index is 272. The molecule has 0 saturated heterocycles. The van der Waals surface area contributed by atoms with E-state index in [-0.39, 0.29) is 6.29 Å². The largest absolute Gasteiger partial charge is 0.353 e. The van der Waals surface area contributed by atoms with E-state index in [0.717, 1.165) is 32.5 Å². The Balaban J connectivity index is 2.00. The lowest BCUT2D eigenvalue weighted by Gasteiger charge is -2.13. The lowest BCUT2D eigenvalue weighted by atomic mass is 10.1. The summed E-state index contributed by atoms with van der Waals surface area (Å²) in [7, 11) is 0. The molecular formula is C15H24O2. The number of hydrogen-bond acceptors (Lipinski definition) is 2. The van der Waals surface area contributed by atoms with Crippen molar-refractivity contribution in [3.63, 3.8) is 0 Å². The molecule has 1 unspecified atom stereocenters. The van der Waals surface area contributed by atoms with Crippen LogP contribution < -0.4 is 0 Å². The predicted octanol–water partition coefficient (Wildman–Crippen LogP) is 3.80. The topological polar surface area (TPSA) is 18.5 Å². The van der Waals surface area contributed by atoms with Crippen LogP contribution in [0.3, 0.4) is 0 Å². The SMILES string of the molecule is CCCCOC(C)OCCCc1ccccc1. The highest BCUT2D eigenvalue weighted by molar-refractivity contribution is 5.14. The average molecular weight is 236 g/mol. The van der Waals surface area contributed by atoms with Gasteiger partial charge in [-0.15, -0.1) is 0 Å². The molecule has 1 atom stereocenters. The summed E-state index contributed by atoms with van der Waals surface area (Å²) in [5.41, 5.74) is 1.37. The van der Waals surface area contributed by atoms with Gasteiger partial charge in [0.1, 0.15) is 0 Å². The molecule has 0 aliphatic rings. The fourth-order valence-electron chi connectivity index (χ4n) is 1.61. The minimum absolute atomic E-state index is 0.0719. The van der Waals surface area contributed by atoms with Crippen molar-refractivity contribution in [2.75, 3.05) is 13.2 Å². The monoisotopic (exact) mass is 236 g/mol. The molecule has 2 heteroatoms. The highest BCUT2D eigenvalue weighted by Crippen LogP contribution is 2.04. The van der Waals surface area contributed by atoms with Crippen LogP contribution in [-0.4, -0.2) is 19.5 Å². The lowest BCUT2D eigenvalue weighted by Crippen LogP contribution is -2.14. The highest BCUT2D eigenvalue weighted by Gasteiger charge is 2.01. The first-order valence-corrected chi connectivity index (χ1v) is 6.60. The first kappa shape index (κ1) is 14.2. The van der Waals surface area contributed by atoms with Crippen LogP contribution in [-0.2, 0) is 15.9 Å². The maximum absolute atomic E-state index is 5.59. The molecule has 0 bridgehead atoms. The molecule has 0 aromatic heterocycles. The summed E-state index contributed by atoms with van der Waals surface area (Å²) in [6.45, 7) is 5.70. The Morgan fingerprint density at radius 1 is 1.00 bits per heavy atom. The fraction of sp³-hybridized carbons (Fsp3) is 0.600. The zero-order valence-corrected chi connectivity index (χ0v) is 11.0. The normalized spacial score (nSPS) is 12.6. The van der Waals surface area contributed by atoms with E-state index < -0.39 is 0 Å². The Kier molecular flexibility index (Phi) is 7.69. The molecule has 0 amide bonds. The van der Waals surface area contributed by atoms with E-state index in [2.05, 4.69) is 31.2 Å². The maximum Gasteiger partial charge on any atom is 0.154 e. The first-order chi connectivity index (χ1) is 8.33. The van der Waals surface area contributed by atoms with Crippen molar-refractivity contribution in [2.24, 2.45) is 0 Å². The summed E-state index contributed by atoms with van der Waals surface area (Å²) < 4.78 is 11.1. The molecule has 1 rings (SSSR count). The molecule has 0 aliphatic heterocycles. The van der Waals surface area contributed by atoms with Crippen molar-refractivity contribution >= 4 is 0 Å². The van der Waals surface area contributed by atoms with E-state index in [1.807, 2.05) is 13.0 Å². The van der Waals surface area contributed by atoms with Crippen LogP contribution in [0.4, 0.5) is 0 Å². The number of unbranched alkanes of at least 4 members (excludes halogenated alkanes) is 1. The molecule has 0 saturated carbocycles. The summed E-state index contributed by atoms with van der Waals surface area (Å²) in [4.78, 5) is 0. The van der Waals surface area contributed by atoms with Crippen LogP contribution in [0.5, 0.6) is 0 Å². The standard InChI is InChI=1S/C15H24O2/c1-3-4-12-16-14(2)17-13-8-11-15-9-6-5-7-10-15/h5-7,9-10,14H,3-4,8,11-13H2,1-2H3. The molecule has 96 valence electrons. The second kappa shape index (κ2) is 9.20. The van der Waals surface area contributed by atoms with Gasteiger partial charge >= 0.3 is 0 Å². The number of aryl methyl sites for hydroxylation is 1. The maximum atomic E-state index is 5.59. The van der Waals surface area contributed by atoms with Gasteiger partial charge in [0.15, 0.2) is 6.29 Å². The Morgan fingerprint density at radius 3 is 2.29 bits per heavy atom. The van der Waals surface area contributed by atoms with Gasteiger partial charge in [-0.3, -0.25) is 0 Å². The van der Waals surface area contributed by atoms with E-state index >= 15 is 0 Å².